The van der Waals surface area contributed by atoms with Crippen molar-refractivity contribution in [3.8, 4) is 0 Å². The van der Waals surface area contributed by atoms with Crippen molar-refractivity contribution in [1.29, 1.82) is 0 Å². The molecule has 0 bridgehead atoms. The average Bonchev–Trinajstić information content (AvgIpc) is 2.88. The molecule has 1 fully saturated rings. The lowest BCUT2D eigenvalue weighted by Gasteiger charge is -2.30. The minimum atomic E-state index is -3.35. The third-order valence-electron chi connectivity index (χ3n) is 3.15. The second-order valence-electron chi connectivity index (χ2n) is 4.46. The Kier molecular flexibility index (Phi) is 5.30. The van der Waals surface area contributed by atoms with Crippen molar-refractivity contribution in [2.24, 2.45) is 0 Å². The predicted molar refractivity (Wildman–Crippen MR) is 80.4 cm³/mol. The van der Waals surface area contributed by atoms with Crippen LogP contribution in [0.15, 0.2) is 16.3 Å². The summed E-state index contributed by atoms with van der Waals surface area (Å²) in [5, 5.41) is 9.29. The van der Waals surface area contributed by atoms with Crippen LogP contribution in [-0.4, -0.2) is 48.5 Å². The fourth-order valence-electron chi connectivity index (χ4n) is 2.03. The van der Waals surface area contributed by atoms with Crippen LogP contribution in [0.25, 0.3) is 0 Å². The summed E-state index contributed by atoms with van der Waals surface area (Å²) >= 11 is 3.13. The minimum absolute atomic E-state index is 0.0538. The number of thiophene rings is 1. The van der Waals surface area contributed by atoms with Crippen LogP contribution in [0.3, 0.4) is 0 Å². The van der Waals surface area contributed by atoms with Crippen LogP contribution in [0.2, 0.25) is 0 Å². The number of nitrogens with zero attached hydrogens (tertiary/aromatic N) is 1. The van der Waals surface area contributed by atoms with E-state index in [9.17, 15) is 8.42 Å². The first-order valence-corrected chi connectivity index (χ1v) is 9.69. The molecule has 4 nitrogen and oxygen atoms in total. The smallest absolute Gasteiger partial charge is 0.252 e. The van der Waals surface area contributed by atoms with E-state index in [0.717, 1.165) is 17.1 Å². The summed E-state index contributed by atoms with van der Waals surface area (Å²) < 4.78 is 27.1. The monoisotopic (exact) mass is 321 g/mol. The maximum atomic E-state index is 12.5. The molecule has 1 N–H and O–H groups in total. The molecule has 1 aromatic heterocycles. The van der Waals surface area contributed by atoms with E-state index in [1.807, 2.05) is 11.8 Å². The highest BCUT2D eigenvalue weighted by atomic mass is 32.2. The predicted octanol–water partition coefficient (Wildman–Crippen LogP) is 1.80. The molecule has 1 aromatic rings. The number of aliphatic hydroxyl groups excluding tert-OH is 1. The van der Waals surface area contributed by atoms with Gasteiger partial charge in [0, 0.05) is 42.0 Å². The number of thioether (sulfide) groups is 1. The maximum absolute atomic E-state index is 12.5. The lowest BCUT2D eigenvalue weighted by atomic mass is 10.3. The van der Waals surface area contributed by atoms with E-state index in [2.05, 4.69) is 6.92 Å². The highest BCUT2D eigenvalue weighted by Crippen LogP contribution is 2.29. The van der Waals surface area contributed by atoms with Gasteiger partial charge < -0.3 is 5.11 Å². The zero-order valence-electron chi connectivity index (χ0n) is 10.9. The third kappa shape index (κ3) is 3.52. The van der Waals surface area contributed by atoms with Gasteiger partial charge in [-0.05, 0) is 18.6 Å². The highest BCUT2D eigenvalue weighted by Gasteiger charge is 2.30. The van der Waals surface area contributed by atoms with Crippen molar-refractivity contribution in [3.63, 3.8) is 0 Å². The van der Waals surface area contributed by atoms with Crippen molar-refractivity contribution >= 4 is 33.1 Å². The Hall–Kier alpha value is -0.0800. The number of sulfonamides is 1. The lowest BCUT2D eigenvalue weighted by Crippen LogP contribution is -2.41. The Morgan fingerprint density at radius 2 is 2.26 bits per heavy atom. The molecule has 0 radical (unpaired) electrons. The van der Waals surface area contributed by atoms with E-state index in [-0.39, 0.29) is 6.61 Å². The Morgan fingerprint density at radius 1 is 1.47 bits per heavy atom. The standard InChI is InChI=1S/C12H19NO3S3/c1-2-10-9-13(6-8-17-10)19(15,16)12-4-3-11(18-12)5-7-14/h3-4,10,14H,2,5-9H2,1H3. The van der Waals surface area contributed by atoms with Gasteiger partial charge in [0.05, 0.1) is 0 Å². The lowest BCUT2D eigenvalue weighted by molar-refractivity contribution is 0.300. The Labute approximate surface area is 122 Å². The average molecular weight is 321 g/mol. The molecule has 1 saturated heterocycles. The van der Waals surface area contributed by atoms with Crippen molar-refractivity contribution in [2.75, 3.05) is 25.4 Å². The van der Waals surface area contributed by atoms with E-state index < -0.39 is 10.0 Å². The van der Waals surface area contributed by atoms with E-state index in [1.54, 1.807) is 16.4 Å². The van der Waals surface area contributed by atoms with Crippen LogP contribution in [0.5, 0.6) is 0 Å². The second-order valence-corrected chi connectivity index (χ2v) is 9.20. The van der Waals surface area contributed by atoms with Crippen LogP contribution in [0.4, 0.5) is 0 Å². The first kappa shape index (κ1) is 15.3. The molecule has 1 aliphatic heterocycles. The molecule has 0 spiro atoms. The second kappa shape index (κ2) is 6.58. The molecular weight excluding hydrogens is 302 g/mol. The molecular formula is C12H19NO3S3. The van der Waals surface area contributed by atoms with Crippen molar-refractivity contribution in [3.05, 3.63) is 17.0 Å². The fourth-order valence-corrected chi connectivity index (χ4v) is 6.40. The van der Waals surface area contributed by atoms with Gasteiger partial charge in [0.15, 0.2) is 0 Å². The topological polar surface area (TPSA) is 57.6 Å². The van der Waals surface area contributed by atoms with Crippen molar-refractivity contribution < 1.29 is 13.5 Å². The molecule has 2 heterocycles. The molecule has 1 aliphatic rings. The van der Waals surface area contributed by atoms with Crippen molar-refractivity contribution in [2.45, 2.75) is 29.2 Å². The molecule has 0 saturated carbocycles. The Bertz CT molecular complexity index is 512. The first-order chi connectivity index (χ1) is 9.07. The van der Waals surface area contributed by atoms with Gasteiger partial charge in [0.2, 0.25) is 0 Å². The number of aliphatic hydroxyl groups is 1. The van der Waals surface area contributed by atoms with Gasteiger partial charge in [-0.25, -0.2) is 8.42 Å². The summed E-state index contributed by atoms with van der Waals surface area (Å²) in [6, 6.07) is 3.46. The molecule has 19 heavy (non-hydrogen) atoms. The van der Waals surface area contributed by atoms with Gasteiger partial charge in [0.1, 0.15) is 4.21 Å². The summed E-state index contributed by atoms with van der Waals surface area (Å²) in [6.45, 7) is 3.35. The van der Waals surface area contributed by atoms with Crippen LogP contribution in [0, 0.1) is 0 Å². The zero-order chi connectivity index (χ0) is 13.9. The molecule has 1 atom stereocenters. The van der Waals surface area contributed by atoms with Crippen LogP contribution >= 0.6 is 23.1 Å². The zero-order valence-corrected chi connectivity index (χ0v) is 13.4. The quantitative estimate of drug-likeness (QED) is 0.898. The molecule has 0 amide bonds. The maximum Gasteiger partial charge on any atom is 0.252 e. The van der Waals surface area contributed by atoms with Crippen molar-refractivity contribution in [1.82, 2.24) is 4.31 Å². The van der Waals surface area contributed by atoms with E-state index in [1.165, 1.54) is 11.3 Å². The molecule has 108 valence electrons. The van der Waals surface area contributed by atoms with Gasteiger partial charge >= 0.3 is 0 Å². The largest absolute Gasteiger partial charge is 0.396 e. The molecule has 0 aromatic carbocycles. The normalized spacial score (nSPS) is 21.7. The van der Waals surface area contributed by atoms with Crippen LogP contribution in [-0.2, 0) is 16.4 Å². The van der Waals surface area contributed by atoms with E-state index in [0.29, 0.717) is 29.0 Å². The first-order valence-electron chi connectivity index (χ1n) is 6.39. The Balaban J connectivity index is 2.16. The Morgan fingerprint density at radius 3 is 2.95 bits per heavy atom. The molecule has 2 rings (SSSR count). The third-order valence-corrected chi connectivity index (χ3v) is 8.00. The van der Waals surface area contributed by atoms with Gasteiger partial charge in [-0.2, -0.15) is 16.1 Å². The number of hydrogen-bond donors (Lipinski definition) is 1. The van der Waals surface area contributed by atoms with Gasteiger partial charge in [-0.15, -0.1) is 11.3 Å². The fraction of sp³-hybridized carbons (Fsp3) is 0.667. The van der Waals surface area contributed by atoms with Crippen LogP contribution in [0.1, 0.15) is 18.2 Å². The summed E-state index contributed by atoms with van der Waals surface area (Å²) in [5.41, 5.74) is 0. The van der Waals surface area contributed by atoms with Gasteiger partial charge in [0.25, 0.3) is 10.0 Å². The minimum Gasteiger partial charge on any atom is -0.396 e. The SMILES string of the molecule is CCC1CN(S(=O)(=O)c2ccc(CCO)s2)CCS1. The number of rotatable bonds is 5. The molecule has 7 heteroatoms. The van der Waals surface area contributed by atoms with Gasteiger partial charge in [-0.3, -0.25) is 0 Å². The number of hydrogen-bond acceptors (Lipinski definition) is 5. The summed E-state index contributed by atoms with van der Waals surface area (Å²) in [6.07, 6.45) is 1.52. The van der Waals surface area contributed by atoms with E-state index in [4.69, 9.17) is 5.11 Å². The highest BCUT2D eigenvalue weighted by molar-refractivity contribution is 8.00. The summed E-state index contributed by atoms with van der Waals surface area (Å²) in [4.78, 5) is 0.916. The molecule has 1 unspecified atom stereocenters. The summed E-state index contributed by atoms with van der Waals surface area (Å²) in [5.74, 6) is 0.868. The van der Waals surface area contributed by atoms with Crippen LogP contribution < -0.4 is 0 Å². The summed E-state index contributed by atoms with van der Waals surface area (Å²) in [7, 11) is -3.35. The van der Waals surface area contributed by atoms with Gasteiger partial charge in [-0.1, -0.05) is 6.92 Å². The van der Waals surface area contributed by atoms with E-state index >= 15 is 0 Å². The molecule has 0 aliphatic carbocycles.